The van der Waals surface area contributed by atoms with Crippen LogP contribution in [0.2, 0.25) is 0 Å². The quantitative estimate of drug-likeness (QED) is 0.710. The Balaban J connectivity index is 3.58. The van der Waals surface area contributed by atoms with Gasteiger partial charge in [0.15, 0.2) is 0 Å². The number of hydrogen-bond acceptors (Lipinski definition) is 1. The largest absolute Gasteiger partial charge is 0.389 e. The van der Waals surface area contributed by atoms with Crippen LogP contribution in [0.15, 0.2) is 0 Å². The Bertz CT molecular complexity index is 153. The number of carbonyl (C=O) groups is 1. The molecule has 12 heavy (non-hydrogen) atoms. The average molecular weight is 183 g/mol. The van der Waals surface area contributed by atoms with E-state index in [2.05, 4.69) is 5.32 Å². The zero-order chi connectivity index (χ0) is 9.78. The molecule has 0 aliphatic rings. The van der Waals surface area contributed by atoms with Crippen molar-refractivity contribution in [2.75, 3.05) is 0 Å². The number of halogens is 3. The number of rotatable bonds is 3. The SMILES string of the molecule is CC(C)NC(=O)CCC(F)(F)F. The Kier molecular flexibility index (Phi) is 4.06. The van der Waals surface area contributed by atoms with E-state index in [1.54, 1.807) is 13.8 Å². The molecule has 0 atom stereocenters. The Hall–Kier alpha value is -0.740. The van der Waals surface area contributed by atoms with Crippen molar-refractivity contribution in [3.63, 3.8) is 0 Å². The van der Waals surface area contributed by atoms with Gasteiger partial charge in [0.2, 0.25) is 5.91 Å². The summed E-state index contributed by atoms with van der Waals surface area (Å²) in [5.41, 5.74) is 0. The van der Waals surface area contributed by atoms with Crippen LogP contribution in [0.4, 0.5) is 13.2 Å². The lowest BCUT2D eigenvalue weighted by Crippen LogP contribution is -2.30. The Morgan fingerprint density at radius 1 is 1.42 bits per heavy atom. The molecule has 0 aromatic rings. The molecule has 1 amide bonds. The minimum atomic E-state index is -4.24. The molecule has 0 rings (SSSR count). The second-order valence-corrected chi connectivity index (χ2v) is 2.84. The van der Waals surface area contributed by atoms with Gasteiger partial charge in [-0.3, -0.25) is 4.79 Å². The van der Waals surface area contributed by atoms with Gasteiger partial charge in [0.05, 0.1) is 6.42 Å². The first-order valence-corrected chi connectivity index (χ1v) is 3.67. The maximum atomic E-state index is 11.6. The van der Waals surface area contributed by atoms with Crippen LogP contribution < -0.4 is 5.32 Å². The maximum Gasteiger partial charge on any atom is 0.389 e. The van der Waals surface area contributed by atoms with Crippen LogP contribution in [0.25, 0.3) is 0 Å². The Labute approximate surface area is 69.1 Å². The summed E-state index contributed by atoms with van der Waals surface area (Å²) in [5, 5.41) is 2.38. The molecule has 0 radical (unpaired) electrons. The van der Waals surface area contributed by atoms with Gasteiger partial charge in [0.1, 0.15) is 0 Å². The van der Waals surface area contributed by atoms with Gasteiger partial charge >= 0.3 is 6.18 Å². The summed E-state index contributed by atoms with van der Waals surface area (Å²) in [7, 11) is 0. The molecule has 0 aliphatic carbocycles. The van der Waals surface area contributed by atoms with Crippen molar-refractivity contribution < 1.29 is 18.0 Å². The summed E-state index contributed by atoms with van der Waals surface area (Å²) < 4.78 is 34.7. The Morgan fingerprint density at radius 3 is 2.25 bits per heavy atom. The zero-order valence-corrected chi connectivity index (χ0v) is 7.03. The van der Waals surface area contributed by atoms with Crippen molar-refractivity contribution in [2.45, 2.75) is 38.9 Å². The zero-order valence-electron chi connectivity index (χ0n) is 7.03. The standard InChI is InChI=1S/C7H12F3NO/c1-5(2)11-6(12)3-4-7(8,9)10/h5H,3-4H2,1-2H3,(H,11,12). The summed E-state index contributed by atoms with van der Waals surface area (Å²) in [6.07, 6.45) is -5.78. The summed E-state index contributed by atoms with van der Waals surface area (Å²) in [5.74, 6) is -0.553. The molecule has 0 bridgehead atoms. The molecule has 0 saturated carbocycles. The van der Waals surface area contributed by atoms with E-state index in [-0.39, 0.29) is 6.04 Å². The van der Waals surface area contributed by atoms with Crippen LogP contribution in [-0.2, 0) is 4.79 Å². The molecule has 72 valence electrons. The molecule has 0 fully saturated rings. The van der Waals surface area contributed by atoms with Crippen LogP contribution in [0, 0.1) is 0 Å². The summed E-state index contributed by atoms with van der Waals surface area (Å²) in [6.45, 7) is 3.40. The third-order valence-electron chi connectivity index (χ3n) is 1.09. The first-order valence-electron chi connectivity index (χ1n) is 3.67. The molecule has 0 aromatic heterocycles. The Morgan fingerprint density at radius 2 is 1.92 bits per heavy atom. The van der Waals surface area contributed by atoms with E-state index in [1.165, 1.54) is 0 Å². The van der Waals surface area contributed by atoms with Gasteiger partial charge in [-0.15, -0.1) is 0 Å². The molecule has 0 heterocycles. The van der Waals surface area contributed by atoms with Gasteiger partial charge < -0.3 is 5.32 Å². The van der Waals surface area contributed by atoms with Gasteiger partial charge in [-0.05, 0) is 13.8 Å². The van der Waals surface area contributed by atoms with Crippen LogP contribution in [0.3, 0.4) is 0 Å². The number of hydrogen-bond donors (Lipinski definition) is 1. The molecule has 0 saturated heterocycles. The van der Waals surface area contributed by atoms with Crippen LogP contribution in [0.5, 0.6) is 0 Å². The van der Waals surface area contributed by atoms with Crippen molar-refractivity contribution >= 4 is 5.91 Å². The summed E-state index contributed by atoms with van der Waals surface area (Å²) in [6, 6.07) is -0.106. The van der Waals surface area contributed by atoms with E-state index >= 15 is 0 Å². The van der Waals surface area contributed by atoms with E-state index in [9.17, 15) is 18.0 Å². The fourth-order valence-electron chi connectivity index (χ4n) is 0.649. The van der Waals surface area contributed by atoms with E-state index in [0.29, 0.717) is 0 Å². The molecule has 2 nitrogen and oxygen atoms in total. The molecule has 0 unspecified atom stereocenters. The monoisotopic (exact) mass is 183 g/mol. The highest BCUT2D eigenvalue weighted by atomic mass is 19.4. The smallest absolute Gasteiger partial charge is 0.354 e. The summed E-state index contributed by atoms with van der Waals surface area (Å²) >= 11 is 0. The van der Waals surface area contributed by atoms with Crippen molar-refractivity contribution in [3.8, 4) is 0 Å². The highest BCUT2D eigenvalue weighted by molar-refractivity contribution is 5.76. The lowest BCUT2D eigenvalue weighted by molar-refractivity contribution is -0.144. The predicted octanol–water partition coefficient (Wildman–Crippen LogP) is 1.85. The van der Waals surface area contributed by atoms with E-state index in [0.717, 1.165) is 0 Å². The van der Waals surface area contributed by atoms with Crippen LogP contribution in [0.1, 0.15) is 26.7 Å². The highest BCUT2D eigenvalue weighted by Gasteiger charge is 2.27. The van der Waals surface area contributed by atoms with Gasteiger partial charge in [0, 0.05) is 12.5 Å². The van der Waals surface area contributed by atoms with Crippen molar-refractivity contribution in [1.82, 2.24) is 5.32 Å². The van der Waals surface area contributed by atoms with Crippen LogP contribution in [-0.4, -0.2) is 18.1 Å². The van der Waals surface area contributed by atoms with Gasteiger partial charge in [-0.1, -0.05) is 0 Å². The van der Waals surface area contributed by atoms with Gasteiger partial charge in [-0.25, -0.2) is 0 Å². The fourth-order valence-corrected chi connectivity index (χ4v) is 0.649. The van der Waals surface area contributed by atoms with Crippen molar-refractivity contribution in [1.29, 1.82) is 0 Å². The summed E-state index contributed by atoms with van der Waals surface area (Å²) in [4.78, 5) is 10.7. The second-order valence-electron chi connectivity index (χ2n) is 2.84. The first kappa shape index (κ1) is 11.3. The minimum absolute atomic E-state index is 0.106. The number of nitrogens with one attached hydrogen (secondary N) is 1. The normalized spacial score (nSPS) is 11.8. The molecule has 1 N–H and O–H groups in total. The van der Waals surface area contributed by atoms with Gasteiger partial charge in [-0.2, -0.15) is 13.2 Å². The number of carbonyl (C=O) groups excluding carboxylic acids is 1. The van der Waals surface area contributed by atoms with Gasteiger partial charge in [0.25, 0.3) is 0 Å². The topological polar surface area (TPSA) is 29.1 Å². The highest BCUT2D eigenvalue weighted by Crippen LogP contribution is 2.20. The fraction of sp³-hybridized carbons (Fsp3) is 0.857. The molecule has 0 aromatic carbocycles. The third kappa shape index (κ3) is 7.37. The van der Waals surface area contributed by atoms with Crippen LogP contribution >= 0.6 is 0 Å². The van der Waals surface area contributed by atoms with Crippen molar-refractivity contribution in [3.05, 3.63) is 0 Å². The molecule has 0 aliphatic heterocycles. The molecule has 5 heteroatoms. The minimum Gasteiger partial charge on any atom is -0.354 e. The number of amides is 1. The number of alkyl halides is 3. The molecular formula is C7H12F3NO. The lowest BCUT2D eigenvalue weighted by Gasteiger charge is -2.09. The van der Waals surface area contributed by atoms with E-state index in [1.807, 2.05) is 0 Å². The van der Waals surface area contributed by atoms with E-state index < -0.39 is 24.9 Å². The molecular weight excluding hydrogens is 171 g/mol. The maximum absolute atomic E-state index is 11.6. The van der Waals surface area contributed by atoms with Crippen molar-refractivity contribution in [2.24, 2.45) is 0 Å². The average Bonchev–Trinajstić information content (AvgIpc) is 1.80. The third-order valence-corrected chi connectivity index (χ3v) is 1.09. The van der Waals surface area contributed by atoms with E-state index in [4.69, 9.17) is 0 Å². The lowest BCUT2D eigenvalue weighted by atomic mass is 10.2. The first-order chi connectivity index (χ1) is 5.31. The molecule has 0 spiro atoms. The predicted molar refractivity (Wildman–Crippen MR) is 38.6 cm³/mol. The second kappa shape index (κ2) is 4.33.